The van der Waals surface area contributed by atoms with Crippen molar-refractivity contribution in [1.82, 2.24) is 4.98 Å². The molecule has 1 aliphatic rings. The summed E-state index contributed by atoms with van der Waals surface area (Å²) in [6, 6.07) is 16.4. The van der Waals surface area contributed by atoms with Crippen LogP contribution in [0.1, 0.15) is 23.6 Å². The second kappa shape index (κ2) is 7.00. The Morgan fingerprint density at radius 1 is 1.04 bits per heavy atom. The van der Waals surface area contributed by atoms with Gasteiger partial charge in [0, 0.05) is 22.8 Å². The van der Waals surface area contributed by atoms with Crippen LogP contribution in [-0.4, -0.2) is 16.9 Å². The van der Waals surface area contributed by atoms with E-state index in [-0.39, 0.29) is 0 Å². The van der Waals surface area contributed by atoms with Gasteiger partial charge in [-0.05, 0) is 43.7 Å². The van der Waals surface area contributed by atoms with Crippen LogP contribution < -0.4 is 0 Å². The molecule has 0 saturated heterocycles. The van der Waals surface area contributed by atoms with Crippen LogP contribution >= 0.6 is 11.8 Å². The summed E-state index contributed by atoms with van der Waals surface area (Å²) >= 11 is 1.58. The third-order valence-electron chi connectivity index (χ3n) is 4.30. The zero-order valence-corrected chi connectivity index (χ0v) is 16.1. The smallest absolute Gasteiger partial charge is 0.363 e. The molecule has 4 rings (SSSR count). The van der Waals surface area contributed by atoms with E-state index in [1.54, 1.807) is 24.8 Å². The summed E-state index contributed by atoms with van der Waals surface area (Å²) in [6.07, 6.45) is 1.75. The van der Waals surface area contributed by atoms with Crippen molar-refractivity contribution in [1.29, 1.82) is 0 Å². The van der Waals surface area contributed by atoms with E-state index >= 15 is 0 Å². The van der Waals surface area contributed by atoms with Gasteiger partial charge < -0.3 is 4.74 Å². The third kappa shape index (κ3) is 3.64. The van der Waals surface area contributed by atoms with E-state index < -0.39 is 5.97 Å². The number of aliphatic imine (C=N–C) groups is 1. The van der Waals surface area contributed by atoms with Crippen molar-refractivity contribution in [2.24, 2.45) is 4.99 Å². The predicted molar refractivity (Wildman–Crippen MR) is 109 cm³/mol. The monoisotopic (exact) mass is 374 g/mol. The number of esters is 1. The normalized spacial score (nSPS) is 15.3. The van der Waals surface area contributed by atoms with Crippen molar-refractivity contribution >= 4 is 40.6 Å². The number of ether oxygens (including phenoxy) is 1. The molecule has 3 aromatic rings. The first-order chi connectivity index (χ1) is 13.0. The van der Waals surface area contributed by atoms with Gasteiger partial charge >= 0.3 is 5.97 Å². The Bertz CT molecular complexity index is 1120. The highest BCUT2D eigenvalue weighted by atomic mass is 32.2. The van der Waals surface area contributed by atoms with Crippen LogP contribution in [0.4, 0.5) is 0 Å². The van der Waals surface area contributed by atoms with Crippen LogP contribution in [0.15, 0.2) is 69.1 Å². The van der Waals surface area contributed by atoms with Crippen molar-refractivity contribution in [2.45, 2.75) is 30.7 Å². The van der Waals surface area contributed by atoms with E-state index in [0.717, 1.165) is 32.0 Å². The van der Waals surface area contributed by atoms with Gasteiger partial charge in [0.25, 0.3) is 0 Å². The van der Waals surface area contributed by atoms with Crippen LogP contribution in [0, 0.1) is 13.8 Å². The summed E-state index contributed by atoms with van der Waals surface area (Å²) in [6.45, 7) is 5.78. The predicted octanol–water partition coefficient (Wildman–Crippen LogP) is 5.32. The highest BCUT2D eigenvalue weighted by Crippen LogP contribution is 2.33. The Balaban J connectivity index is 1.86. The van der Waals surface area contributed by atoms with Crippen molar-refractivity contribution in [3.05, 3.63) is 70.9 Å². The zero-order chi connectivity index (χ0) is 19.0. The number of fused-ring (bicyclic) bond motifs is 1. The maximum atomic E-state index is 12.0. The summed E-state index contributed by atoms with van der Waals surface area (Å²) < 4.78 is 5.04. The Hall–Kier alpha value is -2.92. The first-order valence-corrected chi connectivity index (χ1v) is 9.45. The van der Waals surface area contributed by atoms with Gasteiger partial charge in [0.15, 0.2) is 11.6 Å². The summed E-state index contributed by atoms with van der Waals surface area (Å²) in [4.78, 5) is 22.2. The number of carbonyl (C=O) groups is 1. The Morgan fingerprint density at radius 2 is 1.81 bits per heavy atom. The number of hydrogen-bond acceptors (Lipinski definition) is 5. The fourth-order valence-corrected chi connectivity index (χ4v) is 3.78. The van der Waals surface area contributed by atoms with E-state index in [2.05, 4.69) is 55.2 Å². The number of hydrogen-bond donors (Lipinski definition) is 0. The van der Waals surface area contributed by atoms with Gasteiger partial charge in [-0.1, -0.05) is 47.7 Å². The zero-order valence-electron chi connectivity index (χ0n) is 15.3. The lowest BCUT2D eigenvalue weighted by Crippen LogP contribution is -2.00. The number of aryl methyl sites for hydroxylation is 2. The number of carbonyl (C=O) groups excluding carboxylic acids is 1. The highest BCUT2D eigenvalue weighted by Gasteiger charge is 2.21. The van der Waals surface area contributed by atoms with Gasteiger partial charge in [-0.15, -0.1) is 0 Å². The summed E-state index contributed by atoms with van der Waals surface area (Å²) in [5.41, 5.74) is 4.44. The molecule has 0 radical (unpaired) electrons. The van der Waals surface area contributed by atoms with Crippen molar-refractivity contribution < 1.29 is 9.53 Å². The molecule has 0 amide bonds. The maximum Gasteiger partial charge on any atom is 0.363 e. The Kier molecular flexibility index (Phi) is 4.54. The van der Waals surface area contributed by atoms with Gasteiger partial charge in [-0.3, -0.25) is 0 Å². The molecule has 0 unspecified atom stereocenters. The van der Waals surface area contributed by atoms with E-state index in [1.165, 1.54) is 5.56 Å². The molecule has 2 heterocycles. The standard InChI is InChI=1S/C22H18N2O2S/c1-13-7-9-18(10-8-13)27-21-17(12-19-22(25)26-15(3)23-19)11-16-6-4-5-14(2)20(16)24-21/h4-12H,1-3H3. The van der Waals surface area contributed by atoms with Gasteiger partial charge in [-0.2, -0.15) is 0 Å². The molecule has 0 atom stereocenters. The summed E-state index contributed by atoms with van der Waals surface area (Å²) in [5.74, 6) is -0.0632. The quantitative estimate of drug-likeness (QED) is 0.460. The molecule has 5 heteroatoms. The van der Waals surface area contributed by atoms with Crippen molar-refractivity contribution in [3.8, 4) is 0 Å². The Morgan fingerprint density at radius 3 is 2.52 bits per heavy atom. The molecule has 2 aromatic carbocycles. The number of nitrogens with zero attached hydrogens (tertiary/aromatic N) is 2. The fraction of sp³-hybridized carbons (Fsp3) is 0.136. The fourth-order valence-electron chi connectivity index (χ4n) is 2.91. The van der Waals surface area contributed by atoms with E-state index in [1.807, 2.05) is 12.1 Å². The lowest BCUT2D eigenvalue weighted by atomic mass is 10.1. The molecule has 0 saturated carbocycles. The van der Waals surface area contributed by atoms with E-state index in [0.29, 0.717) is 11.6 Å². The molecule has 1 aromatic heterocycles. The minimum Gasteiger partial charge on any atom is -0.407 e. The number of aromatic nitrogens is 1. The van der Waals surface area contributed by atoms with Crippen molar-refractivity contribution in [3.63, 3.8) is 0 Å². The topological polar surface area (TPSA) is 51.5 Å². The molecule has 0 bridgehead atoms. The molecule has 0 aliphatic carbocycles. The Labute approximate surface area is 162 Å². The molecule has 1 aliphatic heterocycles. The summed E-state index contributed by atoms with van der Waals surface area (Å²) in [5, 5.41) is 1.86. The largest absolute Gasteiger partial charge is 0.407 e. The average molecular weight is 374 g/mol. The second-order valence-corrected chi connectivity index (χ2v) is 7.56. The molecule has 0 N–H and O–H groups in total. The van der Waals surface area contributed by atoms with Gasteiger partial charge in [0.1, 0.15) is 5.03 Å². The SMILES string of the molecule is CC1=NC(=Cc2cc3cccc(C)c3nc2Sc2ccc(C)cc2)C(=O)O1. The minimum atomic E-state index is -0.428. The third-order valence-corrected chi connectivity index (χ3v) is 5.32. The summed E-state index contributed by atoms with van der Waals surface area (Å²) in [7, 11) is 0. The molecular weight excluding hydrogens is 356 g/mol. The number of rotatable bonds is 3. The van der Waals surface area contributed by atoms with Gasteiger partial charge in [0.05, 0.1) is 5.52 Å². The second-order valence-electron chi connectivity index (χ2n) is 6.49. The van der Waals surface area contributed by atoms with Gasteiger partial charge in [-0.25, -0.2) is 14.8 Å². The minimum absolute atomic E-state index is 0.298. The molecule has 27 heavy (non-hydrogen) atoms. The molecular formula is C22H18N2O2S. The lowest BCUT2D eigenvalue weighted by Gasteiger charge is -2.10. The number of pyridine rings is 1. The maximum absolute atomic E-state index is 12.0. The number of para-hydroxylation sites is 1. The molecule has 4 nitrogen and oxygen atoms in total. The van der Waals surface area contributed by atoms with Crippen molar-refractivity contribution in [2.75, 3.05) is 0 Å². The van der Waals surface area contributed by atoms with E-state index in [4.69, 9.17) is 9.72 Å². The van der Waals surface area contributed by atoms with Crippen LogP contribution in [0.3, 0.4) is 0 Å². The average Bonchev–Trinajstić information content (AvgIpc) is 2.95. The number of benzene rings is 2. The van der Waals surface area contributed by atoms with E-state index in [9.17, 15) is 4.79 Å². The molecule has 0 spiro atoms. The first-order valence-electron chi connectivity index (χ1n) is 8.64. The molecule has 0 fully saturated rings. The lowest BCUT2D eigenvalue weighted by molar-refractivity contribution is -0.130. The van der Waals surface area contributed by atoms with Crippen LogP contribution in [-0.2, 0) is 9.53 Å². The van der Waals surface area contributed by atoms with Crippen LogP contribution in [0.5, 0.6) is 0 Å². The highest BCUT2D eigenvalue weighted by molar-refractivity contribution is 7.99. The first kappa shape index (κ1) is 17.5. The van der Waals surface area contributed by atoms with Crippen LogP contribution in [0.2, 0.25) is 0 Å². The molecule has 134 valence electrons. The van der Waals surface area contributed by atoms with Gasteiger partial charge in [0.2, 0.25) is 0 Å². The number of cyclic esters (lactones) is 1. The van der Waals surface area contributed by atoms with Crippen LogP contribution in [0.25, 0.3) is 17.0 Å².